The smallest absolute Gasteiger partial charge is 0.338 e. The molecule has 0 radical (unpaired) electrons. The number of hydrogen-bond donors (Lipinski definition) is 2. The lowest BCUT2D eigenvalue weighted by molar-refractivity contribution is -0.137. The normalized spacial score (nSPS) is 11.1. The molecule has 0 spiro atoms. The second-order valence-electron chi connectivity index (χ2n) is 4.81. The van der Waals surface area contributed by atoms with E-state index in [4.69, 9.17) is 0 Å². The maximum absolute atomic E-state index is 13.3. The Morgan fingerprint density at radius 1 is 1.00 bits per heavy atom. The first kappa shape index (κ1) is 16.8. The van der Waals surface area contributed by atoms with Crippen molar-refractivity contribution in [3.63, 3.8) is 0 Å². The van der Waals surface area contributed by atoms with Gasteiger partial charge in [-0.3, -0.25) is 0 Å². The van der Waals surface area contributed by atoms with Gasteiger partial charge in [0.25, 0.3) is 0 Å². The van der Waals surface area contributed by atoms with E-state index in [1.54, 1.807) is 6.07 Å². The van der Waals surface area contributed by atoms with Gasteiger partial charge in [0.15, 0.2) is 0 Å². The first-order valence-electron chi connectivity index (χ1n) is 6.82. The summed E-state index contributed by atoms with van der Waals surface area (Å²) in [4.78, 5) is 11.6. The summed E-state index contributed by atoms with van der Waals surface area (Å²) >= 11 is 0. The average molecular weight is 326 g/mol. The zero-order chi connectivity index (χ0) is 16.9. The third-order valence-electron chi connectivity index (χ3n) is 3.10. The van der Waals surface area contributed by atoms with Crippen LogP contribution in [-0.4, -0.2) is 12.6 Å². The Hall–Kier alpha value is -2.57. The highest BCUT2D eigenvalue weighted by molar-refractivity contribution is 5.89. The van der Waals surface area contributed by atoms with Gasteiger partial charge >= 0.3 is 12.2 Å². The largest absolute Gasteiger partial charge is 0.416 e. The van der Waals surface area contributed by atoms with Crippen molar-refractivity contribution in [1.29, 1.82) is 0 Å². The molecule has 2 rings (SSSR count). The summed E-state index contributed by atoms with van der Waals surface area (Å²) in [6.45, 7) is 0.214. The van der Waals surface area contributed by atoms with E-state index >= 15 is 0 Å². The Kier molecular flexibility index (Phi) is 5.20. The quantitative estimate of drug-likeness (QED) is 0.812. The Morgan fingerprint density at radius 3 is 2.26 bits per heavy atom. The van der Waals surface area contributed by atoms with E-state index in [-0.39, 0.29) is 12.2 Å². The number of para-hydroxylation sites is 1. The number of alkyl halides is 3. The zero-order valence-corrected chi connectivity index (χ0v) is 12.0. The van der Waals surface area contributed by atoms with Crippen molar-refractivity contribution in [2.24, 2.45) is 0 Å². The molecule has 0 atom stereocenters. The SMILES string of the molecule is O=C(NCCc1ccc(C(F)(F)F)cc1)Nc1ccccc1F. The van der Waals surface area contributed by atoms with E-state index < -0.39 is 23.6 Å². The predicted octanol–water partition coefficient (Wildman–Crippen LogP) is 4.21. The highest BCUT2D eigenvalue weighted by Crippen LogP contribution is 2.29. The van der Waals surface area contributed by atoms with Crippen LogP contribution >= 0.6 is 0 Å². The highest BCUT2D eigenvalue weighted by Gasteiger charge is 2.29. The van der Waals surface area contributed by atoms with E-state index in [1.165, 1.54) is 30.3 Å². The van der Waals surface area contributed by atoms with Gasteiger partial charge in [0, 0.05) is 6.54 Å². The molecule has 2 aromatic rings. The summed E-state index contributed by atoms with van der Waals surface area (Å²) in [5.41, 5.74) is -0.00442. The lowest BCUT2D eigenvalue weighted by atomic mass is 10.1. The number of rotatable bonds is 4. The van der Waals surface area contributed by atoms with Crippen LogP contribution in [-0.2, 0) is 12.6 Å². The van der Waals surface area contributed by atoms with Crippen molar-refractivity contribution in [3.8, 4) is 0 Å². The van der Waals surface area contributed by atoms with Crippen molar-refractivity contribution in [1.82, 2.24) is 5.32 Å². The topological polar surface area (TPSA) is 41.1 Å². The molecule has 0 bridgehead atoms. The molecule has 3 nitrogen and oxygen atoms in total. The third-order valence-corrected chi connectivity index (χ3v) is 3.10. The van der Waals surface area contributed by atoms with Crippen LogP contribution in [0.1, 0.15) is 11.1 Å². The standard InChI is InChI=1S/C16H14F4N2O/c17-13-3-1-2-4-14(13)22-15(23)21-10-9-11-5-7-12(8-6-11)16(18,19)20/h1-8H,9-10H2,(H2,21,22,23). The monoisotopic (exact) mass is 326 g/mol. The third kappa shape index (κ3) is 4.98. The van der Waals surface area contributed by atoms with Gasteiger partial charge in [-0.1, -0.05) is 24.3 Å². The number of amides is 2. The van der Waals surface area contributed by atoms with E-state index in [0.717, 1.165) is 12.1 Å². The van der Waals surface area contributed by atoms with Crippen LogP contribution in [0.4, 0.5) is 28.0 Å². The Bertz CT molecular complexity index is 669. The molecule has 23 heavy (non-hydrogen) atoms. The lowest BCUT2D eigenvalue weighted by Crippen LogP contribution is -2.30. The molecule has 0 aromatic heterocycles. The molecule has 0 aliphatic carbocycles. The molecule has 2 N–H and O–H groups in total. The van der Waals surface area contributed by atoms with Gasteiger partial charge in [-0.15, -0.1) is 0 Å². The first-order chi connectivity index (χ1) is 10.9. The molecule has 7 heteroatoms. The van der Waals surface area contributed by atoms with Crippen LogP contribution in [0.2, 0.25) is 0 Å². The number of carbonyl (C=O) groups excluding carboxylic acids is 1. The molecule has 0 aliphatic rings. The van der Waals surface area contributed by atoms with Crippen LogP contribution in [0.5, 0.6) is 0 Å². The van der Waals surface area contributed by atoms with Crippen molar-refractivity contribution in [2.75, 3.05) is 11.9 Å². The fraction of sp³-hybridized carbons (Fsp3) is 0.188. The van der Waals surface area contributed by atoms with Gasteiger partial charge < -0.3 is 10.6 Å². The minimum Gasteiger partial charge on any atom is -0.338 e. The summed E-state index contributed by atoms with van der Waals surface area (Å²) in [6, 6.07) is 9.86. The number of carbonyl (C=O) groups is 1. The van der Waals surface area contributed by atoms with Gasteiger partial charge in [-0.2, -0.15) is 13.2 Å². The minimum absolute atomic E-state index is 0.0551. The Balaban J connectivity index is 1.81. The Morgan fingerprint density at radius 2 is 1.65 bits per heavy atom. The number of halogens is 4. The molecule has 0 heterocycles. The highest BCUT2D eigenvalue weighted by atomic mass is 19.4. The number of hydrogen-bond acceptors (Lipinski definition) is 1. The number of anilines is 1. The maximum Gasteiger partial charge on any atom is 0.416 e. The summed E-state index contributed by atoms with van der Waals surface area (Å²) in [5.74, 6) is -0.551. The van der Waals surface area contributed by atoms with Crippen LogP contribution in [0.25, 0.3) is 0 Å². The Labute approximate surface area is 130 Å². The first-order valence-corrected chi connectivity index (χ1v) is 6.82. The average Bonchev–Trinajstić information content (AvgIpc) is 2.49. The van der Waals surface area contributed by atoms with Crippen LogP contribution < -0.4 is 10.6 Å². The molecule has 2 amide bonds. The summed E-state index contributed by atoms with van der Waals surface area (Å²) in [5, 5.41) is 4.86. The second kappa shape index (κ2) is 7.13. The number of urea groups is 1. The molecular weight excluding hydrogens is 312 g/mol. The van der Waals surface area contributed by atoms with Crippen molar-refractivity contribution in [3.05, 3.63) is 65.5 Å². The molecule has 2 aromatic carbocycles. The van der Waals surface area contributed by atoms with Gasteiger partial charge in [0.1, 0.15) is 5.82 Å². The number of nitrogens with one attached hydrogen (secondary N) is 2. The van der Waals surface area contributed by atoms with Crippen molar-refractivity contribution < 1.29 is 22.4 Å². The summed E-state index contributed by atoms with van der Waals surface area (Å²) in [6.07, 6.45) is -4.00. The van der Waals surface area contributed by atoms with Crippen molar-refractivity contribution >= 4 is 11.7 Å². The minimum atomic E-state index is -4.36. The van der Waals surface area contributed by atoms with E-state index in [2.05, 4.69) is 10.6 Å². The van der Waals surface area contributed by atoms with Crippen molar-refractivity contribution in [2.45, 2.75) is 12.6 Å². The zero-order valence-electron chi connectivity index (χ0n) is 12.0. The molecule has 0 aliphatic heterocycles. The van der Waals surface area contributed by atoms with Gasteiger partial charge in [0.2, 0.25) is 0 Å². The fourth-order valence-electron chi connectivity index (χ4n) is 1.91. The predicted molar refractivity (Wildman–Crippen MR) is 78.6 cm³/mol. The molecular formula is C16H14F4N2O. The van der Waals surface area contributed by atoms with E-state index in [9.17, 15) is 22.4 Å². The molecule has 0 unspecified atom stereocenters. The summed E-state index contributed by atoms with van der Waals surface area (Å²) in [7, 11) is 0. The van der Waals surface area contributed by atoms with Gasteiger partial charge in [-0.05, 0) is 36.2 Å². The fourth-order valence-corrected chi connectivity index (χ4v) is 1.91. The van der Waals surface area contributed by atoms with Crippen LogP contribution in [0.15, 0.2) is 48.5 Å². The van der Waals surface area contributed by atoms with Gasteiger partial charge in [-0.25, -0.2) is 9.18 Å². The van der Waals surface area contributed by atoms with E-state index in [1.807, 2.05) is 0 Å². The van der Waals surface area contributed by atoms with Crippen LogP contribution in [0, 0.1) is 5.82 Å². The molecule has 0 fully saturated rings. The molecule has 0 saturated carbocycles. The van der Waals surface area contributed by atoms with E-state index in [0.29, 0.717) is 12.0 Å². The maximum atomic E-state index is 13.3. The number of benzene rings is 2. The lowest BCUT2D eigenvalue weighted by Gasteiger charge is -2.09. The molecule has 0 saturated heterocycles. The van der Waals surface area contributed by atoms with Gasteiger partial charge in [0.05, 0.1) is 11.3 Å². The summed E-state index contributed by atoms with van der Waals surface area (Å²) < 4.78 is 50.6. The molecule has 122 valence electrons. The second-order valence-corrected chi connectivity index (χ2v) is 4.81. The van der Waals surface area contributed by atoms with Crippen LogP contribution in [0.3, 0.4) is 0 Å².